The molecule has 0 radical (unpaired) electrons. The zero-order chi connectivity index (χ0) is 15.7. The molecular weight excluding hydrogens is 305 g/mol. The molecule has 3 aromatic rings. The maximum Gasteiger partial charge on any atom is 0.234 e. The molecule has 3 rings (SSSR count). The van der Waals surface area contributed by atoms with Gasteiger partial charge in [-0.2, -0.15) is 4.68 Å². The third kappa shape index (κ3) is 2.62. The van der Waals surface area contributed by atoms with Crippen molar-refractivity contribution in [2.75, 3.05) is 0 Å². The zero-order valence-corrected chi connectivity index (χ0v) is 12.9. The molecule has 1 N–H and O–H groups in total. The summed E-state index contributed by atoms with van der Waals surface area (Å²) in [4.78, 5) is 0. The number of halogens is 1. The molecule has 114 valence electrons. The van der Waals surface area contributed by atoms with Crippen molar-refractivity contribution in [2.45, 2.75) is 26.4 Å². The van der Waals surface area contributed by atoms with Crippen LogP contribution in [0.4, 0.5) is 4.39 Å². The fraction of sp³-hybridized carbons (Fsp3) is 0.286. The van der Waals surface area contributed by atoms with Crippen LogP contribution in [0.3, 0.4) is 0 Å². The van der Waals surface area contributed by atoms with E-state index in [2.05, 4.69) is 20.5 Å². The van der Waals surface area contributed by atoms with Crippen LogP contribution in [0.2, 0.25) is 0 Å². The van der Waals surface area contributed by atoms with Crippen LogP contribution in [0.15, 0.2) is 24.3 Å². The molecule has 0 unspecified atom stereocenters. The molecule has 0 saturated carbocycles. The topological polar surface area (TPSA) is 76.7 Å². The van der Waals surface area contributed by atoms with Crippen LogP contribution in [0.1, 0.15) is 30.5 Å². The Morgan fingerprint density at radius 1 is 1.18 bits per heavy atom. The highest BCUT2D eigenvalue weighted by Crippen LogP contribution is 2.28. The molecule has 8 heteroatoms. The van der Waals surface area contributed by atoms with Crippen molar-refractivity contribution in [3.63, 3.8) is 0 Å². The van der Waals surface area contributed by atoms with E-state index in [0.29, 0.717) is 22.1 Å². The minimum absolute atomic E-state index is 0.261. The highest BCUT2D eigenvalue weighted by Gasteiger charge is 2.19. The summed E-state index contributed by atoms with van der Waals surface area (Å²) in [6.45, 7) is 3.81. The van der Waals surface area contributed by atoms with E-state index < -0.39 is 0 Å². The first-order valence-electron chi connectivity index (χ1n) is 6.75. The fourth-order valence-electron chi connectivity index (χ4n) is 2.00. The summed E-state index contributed by atoms with van der Waals surface area (Å²) < 4.78 is 14.6. The average molecular weight is 319 g/mol. The molecule has 0 aliphatic carbocycles. The Balaban J connectivity index is 2.12. The van der Waals surface area contributed by atoms with Gasteiger partial charge in [-0.1, -0.05) is 30.4 Å². The first-order valence-corrected chi connectivity index (χ1v) is 7.57. The second kappa shape index (κ2) is 5.90. The number of aliphatic hydroxyl groups excluding tert-OH is 1. The lowest BCUT2D eigenvalue weighted by Crippen LogP contribution is -2.00. The van der Waals surface area contributed by atoms with Gasteiger partial charge < -0.3 is 5.11 Å². The van der Waals surface area contributed by atoms with E-state index in [1.165, 1.54) is 28.2 Å². The van der Waals surface area contributed by atoms with Crippen molar-refractivity contribution in [1.29, 1.82) is 0 Å². The van der Waals surface area contributed by atoms with Crippen molar-refractivity contribution >= 4 is 11.3 Å². The number of hydrogen-bond acceptors (Lipinski definition) is 6. The Bertz CT molecular complexity index is 781. The third-order valence-corrected chi connectivity index (χ3v) is 4.31. The van der Waals surface area contributed by atoms with E-state index in [1.807, 2.05) is 13.8 Å². The van der Waals surface area contributed by atoms with Crippen LogP contribution < -0.4 is 0 Å². The molecule has 0 aliphatic rings. The predicted octanol–water partition coefficient (Wildman–Crippen LogP) is 2.54. The molecular formula is C14H14FN5OS. The maximum absolute atomic E-state index is 13.1. The second-order valence-corrected chi connectivity index (χ2v) is 6.03. The normalized spacial score (nSPS) is 11.3. The molecule has 0 atom stereocenters. The monoisotopic (exact) mass is 319 g/mol. The minimum atomic E-state index is -0.327. The Labute approximate surface area is 130 Å². The van der Waals surface area contributed by atoms with Gasteiger partial charge in [0.05, 0.1) is 6.61 Å². The number of nitrogens with zero attached hydrogens (tertiary/aromatic N) is 5. The first kappa shape index (κ1) is 14.7. The lowest BCUT2D eigenvalue weighted by atomic mass is 10.1. The van der Waals surface area contributed by atoms with Gasteiger partial charge in [0.1, 0.15) is 22.2 Å². The van der Waals surface area contributed by atoms with Gasteiger partial charge in [-0.25, -0.2) is 4.39 Å². The first-order chi connectivity index (χ1) is 10.6. The van der Waals surface area contributed by atoms with E-state index in [0.717, 1.165) is 5.01 Å². The molecule has 0 aliphatic heterocycles. The van der Waals surface area contributed by atoms with E-state index in [4.69, 9.17) is 0 Å². The van der Waals surface area contributed by atoms with Gasteiger partial charge in [-0.3, -0.25) is 0 Å². The summed E-state index contributed by atoms with van der Waals surface area (Å²) in [7, 11) is 0. The Kier molecular flexibility index (Phi) is 3.95. The summed E-state index contributed by atoms with van der Waals surface area (Å²) >= 11 is 1.41. The average Bonchev–Trinajstić information content (AvgIpc) is 3.14. The van der Waals surface area contributed by atoms with Crippen LogP contribution in [0.5, 0.6) is 0 Å². The minimum Gasteiger partial charge on any atom is -0.390 e. The van der Waals surface area contributed by atoms with E-state index >= 15 is 0 Å². The van der Waals surface area contributed by atoms with Crippen LogP contribution in [0.25, 0.3) is 16.4 Å². The lowest BCUT2D eigenvalue weighted by Gasteiger charge is -2.04. The van der Waals surface area contributed by atoms with Gasteiger partial charge >= 0.3 is 0 Å². The Hall–Kier alpha value is -2.19. The molecule has 2 aromatic heterocycles. The molecule has 0 amide bonds. The highest BCUT2D eigenvalue weighted by molar-refractivity contribution is 7.13. The van der Waals surface area contributed by atoms with Gasteiger partial charge in [0.15, 0.2) is 0 Å². The van der Waals surface area contributed by atoms with Crippen LogP contribution >= 0.6 is 11.3 Å². The smallest absolute Gasteiger partial charge is 0.234 e. The van der Waals surface area contributed by atoms with Crippen LogP contribution in [-0.2, 0) is 6.61 Å². The van der Waals surface area contributed by atoms with Gasteiger partial charge in [0, 0.05) is 11.5 Å². The van der Waals surface area contributed by atoms with Crippen LogP contribution in [0, 0.1) is 5.82 Å². The molecule has 0 bridgehead atoms. The lowest BCUT2D eigenvalue weighted by molar-refractivity contribution is 0.277. The number of rotatable bonds is 4. The predicted molar refractivity (Wildman–Crippen MR) is 80.2 cm³/mol. The largest absolute Gasteiger partial charge is 0.390 e. The van der Waals surface area contributed by atoms with E-state index in [-0.39, 0.29) is 18.3 Å². The fourth-order valence-corrected chi connectivity index (χ4v) is 2.80. The van der Waals surface area contributed by atoms with Gasteiger partial charge in [-0.05, 0) is 24.3 Å². The molecule has 0 fully saturated rings. The van der Waals surface area contributed by atoms with Crippen molar-refractivity contribution in [1.82, 2.24) is 25.2 Å². The highest BCUT2D eigenvalue weighted by atomic mass is 32.1. The van der Waals surface area contributed by atoms with Crippen molar-refractivity contribution in [3.8, 4) is 16.4 Å². The third-order valence-electron chi connectivity index (χ3n) is 3.11. The SMILES string of the molecule is CC(C)c1nnc(-n2nnc(CO)c2-c2ccc(F)cc2)s1. The number of hydrogen-bond donors (Lipinski definition) is 1. The maximum atomic E-state index is 13.1. The molecule has 0 spiro atoms. The standard InChI is InChI=1S/C14H14FN5OS/c1-8(2)13-17-18-14(22-13)20-12(11(7-21)16-19-20)9-3-5-10(15)6-4-9/h3-6,8,21H,7H2,1-2H3. The van der Waals surface area contributed by atoms with Crippen molar-refractivity contribution in [3.05, 3.63) is 40.8 Å². The molecule has 6 nitrogen and oxygen atoms in total. The Morgan fingerprint density at radius 3 is 2.50 bits per heavy atom. The Morgan fingerprint density at radius 2 is 1.91 bits per heavy atom. The molecule has 0 saturated heterocycles. The summed E-state index contributed by atoms with van der Waals surface area (Å²) in [6, 6.07) is 5.95. The van der Waals surface area contributed by atoms with E-state index in [9.17, 15) is 9.50 Å². The van der Waals surface area contributed by atoms with E-state index in [1.54, 1.807) is 12.1 Å². The summed E-state index contributed by atoms with van der Waals surface area (Å²) in [5.41, 5.74) is 1.71. The summed E-state index contributed by atoms with van der Waals surface area (Å²) in [6.07, 6.45) is 0. The molecule has 1 aromatic carbocycles. The second-order valence-electron chi connectivity index (χ2n) is 5.04. The molecule has 2 heterocycles. The van der Waals surface area contributed by atoms with Crippen molar-refractivity contribution in [2.24, 2.45) is 0 Å². The number of aromatic nitrogens is 5. The summed E-state index contributed by atoms with van der Waals surface area (Å²) in [5, 5.41) is 27.2. The van der Waals surface area contributed by atoms with Gasteiger partial charge in [0.25, 0.3) is 0 Å². The van der Waals surface area contributed by atoms with Gasteiger partial charge in [0.2, 0.25) is 5.13 Å². The van der Waals surface area contributed by atoms with Gasteiger partial charge in [-0.15, -0.1) is 15.3 Å². The zero-order valence-electron chi connectivity index (χ0n) is 12.1. The molecule has 22 heavy (non-hydrogen) atoms. The summed E-state index contributed by atoms with van der Waals surface area (Å²) in [5.74, 6) is -0.0623. The van der Waals surface area contributed by atoms with Crippen molar-refractivity contribution < 1.29 is 9.50 Å². The number of aliphatic hydroxyl groups is 1. The van der Waals surface area contributed by atoms with Crippen LogP contribution in [-0.4, -0.2) is 30.3 Å². The quantitative estimate of drug-likeness (QED) is 0.799. The number of benzene rings is 1.